The molecule has 0 spiro atoms. The van der Waals surface area contributed by atoms with Crippen LogP contribution >= 0.6 is 0 Å². The maximum absolute atomic E-state index is 13.6. The Labute approximate surface area is 182 Å². The lowest BCUT2D eigenvalue weighted by Crippen LogP contribution is -2.44. The van der Waals surface area contributed by atoms with Crippen molar-refractivity contribution < 1.29 is 22.8 Å². The Kier molecular flexibility index (Phi) is 6.96. The number of amides is 2. The van der Waals surface area contributed by atoms with E-state index in [0.29, 0.717) is 19.3 Å². The van der Waals surface area contributed by atoms with Gasteiger partial charge in [-0.1, -0.05) is 18.7 Å². The highest BCUT2D eigenvalue weighted by atomic mass is 19.4. The predicted molar refractivity (Wildman–Crippen MR) is 114 cm³/mol. The molecule has 1 aliphatic heterocycles. The van der Waals surface area contributed by atoms with Crippen molar-refractivity contribution in [1.82, 2.24) is 14.9 Å². The summed E-state index contributed by atoms with van der Waals surface area (Å²) < 4.78 is 40.7. The van der Waals surface area contributed by atoms with E-state index >= 15 is 0 Å². The standard InChI is InChI=1S/C21H23F3N6O2/c1-3-18(32)27-16-8-4-5-9-17(16)28-19-15(21(22,23)24)11-25-20(29-19)26-14-7-6-10-30(12-14)13(2)31/h3-5,8-9,11,14H,1,6-7,10,12H2,2H3,(H,27,32)(H2,25,26,28,29)/t14-/m1/s1. The van der Waals surface area contributed by atoms with Crippen LogP contribution in [0.5, 0.6) is 0 Å². The van der Waals surface area contributed by atoms with E-state index in [4.69, 9.17) is 0 Å². The van der Waals surface area contributed by atoms with Gasteiger partial charge in [-0.05, 0) is 31.1 Å². The quantitative estimate of drug-likeness (QED) is 0.582. The van der Waals surface area contributed by atoms with Gasteiger partial charge in [-0.2, -0.15) is 18.2 Å². The van der Waals surface area contributed by atoms with Gasteiger partial charge in [0, 0.05) is 32.3 Å². The zero-order valence-corrected chi connectivity index (χ0v) is 17.4. The monoisotopic (exact) mass is 448 g/mol. The molecule has 2 amide bonds. The Hall–Kier alpha value is -3.63. The maximum atomic E-state index is 13.6. The SMILES string of the molecule is C=CC(=O)Nc1ccccc1Nc1nc(N[C@@H]2CCCN(C(C)=O)C2)ncc1C(F)(F)F. The van der Waals surface area contributed by atoms with E-state index in [-0.39, 0.29) is 29.3 Å². The number of nitrogens with one attached hydrogen (secondary N) is 3. The molecule has 2 heterocycles. The number of nitrogens with zero attached hydrogens (tertiary/aromatic N) is 3. The number of benzene rings is 1. The number of carbonyl (C=O) groups excluding carboxylic acids is 2. The molecule has 1 aromatic heterocycles. The van der Waals surface area contributed by atoms with Gasteiger partial charge in [0.15, 0.2) is 0 Å². The fraction of sp³-hybridized carbons (Fsp3) is 0.333. The molecule has 1 fully saturated rings. The minimum atomic E-state index is -4.70. The van der Waals surface area contributed by atoms with Gasteiger partial charge in [0.1, 0.15) is 11.4 Å². The molecule has 170 valence electrons. The van der Waals surface area contributed by atoms with Crippen LogP contribution in [0, 0.1) is 0 Å². The van der Waals surface area contributed by atoms with Gasteiger partial charge < -0.3 is 20.9 Å². The third kappa shape index (κ3) is 5.74. The van der Waals surface area contributed by atoms with Crippen LogP contribution in [-0.4, -0.2) is 45.8 Å². The molecule has 3 rings (SSSR count). The van der Waals surface area contributed by atoms with E-state index in [2.05, 4.69) is 32.5 Å². The highest BCUT2D eigenvalue weighted by molar-refractivity contribution is 6.01. The average Bonchev–Trinajstić information content (AvgIpc) is 2.74. The van der Waals surface area contributed by atoms with Gasteiger partial charge in [0.2, 0.25) is 17.8 Å². The van der Waals surface area contributed by atoms with Crippen molar-refractivity contribution in [3.8, 4) is 0 Å². The fourth-order valence-corrected chi connectivity index (χ4v) is 3.33. The second-order valence-corrected chi connectivity index (χ2v) is 7.27. The first-order valence-electron chi connectivity index (χ1n) is 9.93. The summed E-state index contributed by atoms with van der Waals surface area (Å²) in [6, 6.07) is 6.11. The van der Waals surface area contributed by atoms with Crippen LogP contribution in [0.15, 0.2) is 43.1 Å². The Bertz CT molecular complexity index is 1010. The molecule has 11 heteroatoms. The summed E-state index contributed by atoms with van der Waals surface area (Å²) in [4.78, 5) is 32.8. The number of hydrogen-bond donors (Lipinski definition) is 3. The third-order valence-electron chi connectivity index (χ3n) is 4.92. The van der Waals surface area contributed by atoms with E-state index in [9.17, 15) is 22.8 Å². The molecular weight excluding hydrogens is 425 g/mol. The first kappa shape index (κ1) is 23.0. The lowest BCUT2D eigenvalue weighted by molar-refractivity contribution is -0.137. The number of halogens is 3. The number of rotatable bonds is 6. The number of alkyl halides is 3. The largest absolute Gasteiger partial charge is 0.421 e. The predicted octanol–water partition coefficient (Wildman–Crippen LogP) is 3.79. The molecule has 0 unspecified atom stereocenters. The smallest absolute Gasteiger partial charge is 0.350 e. The van der Waals surface area contributed by atoms with Crippen LogP contribution in [0.4, 0.5) is 36.3 Å². The molecule has 1 aliphatic rings. The normalized spacial score (nSPS) is 16.2. The molecule has 0 saturated carbocycles. The first-order chi connectivity index (χ1) is 15.2. The molecule has 1 saturated heterocycles. The van der Waals surface area contributed by atoms with Crippen LogP contribution in [0.2, 0.25) is 0 Å². The summed E-state index contributed by atoms with van der Waals surface area (Å²) in [6.07, 6.45) is -1.45. The third-order valence-corrected chi connectivity index (χ3v) is 4.92. The molecule has 3 N–H and O–H groups in total. The van der Waals surface area contributed by atoms with Gasteiger partial charge in [-0.3, -0.25) is 9.59 Å². The van der Waals surface area contributed by atoms with E-state index in [1.165, 1.54) is 19.1 Å². The van der Waals surface area contributed by atoms with Crippen LogP contribution in [0.1, 0.15) is 25.3 Å². The number of likely N-dealkylation sites (tertiary alicyclic amines) is 1. The summed E-state index contributed by atoms with van der Waals surface area (Å²) in [5.41, 5.74) is -0.566. The van der Waals surface area contributed by atoms with Crippen molar-refractivity contribution >= 4 is 35.0 Å². The number of para-hydroxylation sites is 2. The lowest BCUT2D eigenvalue weighted by atomic mass is 10.1. The Morgan fingerprint density at radius 1 is 1.25 bits per heavy atom. The van der Waals surface area contributed by atoms with Gasteiger partial charge in [-0.15, -0.1) is 0 Å². The molecule has 1 aromatic carbocycles. The summed E-state index contributed by atoms with van der Waals surface area (Å²) in [7, 11) is 0. The fourth-order valence-electron chi connectivity index (χ4n) is 3.33. The molecule has 0 radical (unpaired) electrons. The van der Waals surface area contributed by atoms with Crippen LogP contribution in [-0.2, 0) is 15.8 Å². The Morgan fingerprint density at radius 3 is 2.62 bits per heavy atom. The first-order valence-corrected chi connectivity index (χ1v) is 9.93. The van der Waals surface area contributed by atoms with E-state index in [0.717, 1.165) is 18.9 Å². The molecule has 32 heavy (non-hydrogen) atoms. The summed E-state index contributed by atoms with van der Waals surface area (Å²) >= 11 is 0. The number of carbonyl (C=O) groups is 2. The van der Waals surface area contributed by atoms with Crippen molar-refractivity contribution in [2.75, 3.05) is 29.0 Å². The van der Waals surface area contributed by atoms with E-state index in [1.54, 1.807) is 17.0 Å². The van der Waals surface area contributed by atoms with Gasteiger partial charge in [0.05, 0.1) is 11.4 Å². The Morgan fingerprint density at radius 2 is 1.97 bits per heavy atom. The second kappa shape index (κ2) is 9.67. The molecule has 2 aromatic rings. The minimum absolute atomic E-state index is 0.00325. The average molecular weight is 448 g/mol. The summed E-state index contributed by atoms with van der Waals surface area (Å²) in [5, 5.41) is 8.21. The molecule has 8 nitrogen and oxygen atoms in total. The number of hydrogen-bond acceptors (Lipinski definition) is 6. The van der Waals surface area contributed by atoms with E-state index < -0.39 is 23.5 Å². The Balaban J connectivity index is 1.89. The minimum Gasteiger partial charge on any atom is -0.350 e. The second-order valence-electron chi connectivity index (χ2n) is 7.27. The van der Waals surface area contributed by atoms with E-state index in [1.807, 2.05) is 0 Å². The van der Waals surface area contributed by atoms with Crippen molar-refractivity contribution in [2.24, 2.45) is 0 Å². The molecule has 1 atom stereocenters. The topological polar surface area (TPSA) is 99.2 Å². The molecule has 0 aliphatic carbocycles. The van der Waals surface area contributed by atoms with Crippen molar-refractivity contribution in [2.45, 2.75) is 32.0 Å². The zero-order chi connectivity index (χ0) is 23.3. The lowest BCUT2D eigenvalue weighted by Gasteiger charge is -2.32. The van der Waals surface area contributed by atoms with Crippen LogP contribution in [0.3, 0.4) is 0 Å². The van der Waals surface area contributed by atoms with Gasteiger partial charge in [-0.25, -0.2) is 4.98 Å². The van der Waals surface area contributed by atoms with Crippen molar-refractivity contribution in [3.63, 3.8) is 0 Å². The molecular formula is C21H23F3N6O2. The summed E-state index contributed by atoms with van der Waals surface area (Å²) in [5.74, 6) is -1.03. The highest BCUT2D eigenvalue weighted by Gasteiger charge is 2.36. The van der Waals surface area contributed by atoms with Crippen molar-refractivity contribution in [1.29, 1.82) is 0 Å². The highest BCUT2D eigenvalue weighted by Crippen LogP contribution is 2.36. The number of anilines is 4. The van der Waals surface area contributed by atoms with Crippen LogP contribution < -0.4 is 16.0 Å². The van der Waals surface area contributed by atoms with Crippen molar-refractivity contribution in [3.05, 3.63) is 48.7 Å². The van der Waals surface area contributed by atoms with Gasteiger partial charge >= 0.3 is 6.18 Å². The number of piperidine rings is 1. The zero-order valence-electron chi connectivity index (χ0n) is 17.4. The van der Waals surface area contributed by atoms with Crippen LogP contribution in [0.25, 0.3) is 0 Å². The van der Waals surface area contributed by atoms with Gasteiger partial charge in [0.25, 0.3) is 0 Å². The maximum Gasteiger partial charge on any atom is 0.421 e. The number of aromatic nitrogens is 2. The molecule has 0 bridgehead atoms. The summed E-state index contributed by atoms with van der Waals surface area (Å²) in [6.45, 7) is 5.90.